The van der Waals surface area contributed by atoms with E-state index in [0.717, 1.165) is 0 Å². The van der Waals surface area contributed by atoms with Crippen molar-refractivity contribution in [2.24, 2.45) is 0 Å². The molecule has 0 nitrogen and oxygen atoms in total. The van der Waals surface area contributed by atoms with E-state index in [0.29, 0.717) is 0 Å². The Hall–Kier alpha value is -1.76. The normalized spacial score (nSPS) is 9.82. The van der Waals surface area contributed by atoms with E-state index >= 15 is 0 Å². The van der Waals surface area contributed by atoms with Crippen LogP contribution in [0.15, 0.2) is 72.8 Å². The third-order valence-electron chi connectivity index (χ3n) is 3.80. The molecule has 0 atom stereocenters. The van der Waals surface area contributed by atoms with Crippen LogP contribution in [-0.4, -0.2) is 4.82 Å². The van der Waals surface area contributed by atoms with Gasteiger partial charge in [-0.1, -0.05) is 26.0 Å². The van der Waals surface area contributed by atoms with Gasteiger partial charge >= 0.3 is 24.8 Å². The van der Waals surface area contributed by atoms with E-state index in [9.17, 15) is 0 Å². The van der Waals surface area contributed by atoms with Gasteiger partial charge in [-0.15, -0.1) is 69.1 Å². The van der Waals surface area contributed by atoms with E-state index in [2.05, 4.69) is 91.5 Å². The van der Waals surface area contributed by atoms with Gasteiger partial charge in [0.2, 0.25) is 0 Å². The van der Waals surface area contributed by atoms with E-state index in [1.807, 2.05) is 0 Å². The molecule has 4 rings (SSSR count). The SMILES string of the molecule is C[c-]1ccc2ccccc21.C[c-]1ccc2ccccc21.[CH2]=[Ti+2]. The van der Waals surface area contributed by atoms with Crippen LogP contribution in [0.4, 0.5) is 0 Å². The molecular weight excluding hydrogens is 300 g/mol. The van der Waals surface area contributed by atoms with Gasteiger partial charge in [0.1, 0.15) is 0 Å². The molecule has 0 bridgehead atoms. The fourth-order valence-corrected chi connectivity index (χ4v) is 2.61. The van der Waals surface area contributed by atoms with Gasteiger partial charge < -0.3 is 0 Å². The molecule has 108 valence electrons. The van der Waals surface area contributed by atoms with Gasteiger partial charge in [0.15, 0.2) is 0 Å². The van der Waals surface area contributed by atoms with Crippen molar-refractivity contribution in [1.29, 1.82) is 0 Å². The molecule has 0 radical (unpaired) electrons. The van der Waals surface area contributed by atoms with Crippen LogP contribution in [0, 0.1) is 13.8 Å². The first-order chi connectivity index (χ1) is 10.8. The molecule has 0 aliphatic carbocycles. The molecule has 4 aromatic carbocycles. The van der Waals surface area contributed by atoms with Crippen molar-refractivity contribution in [2.45, 2.75) is 13.8 Å². The first-order valence-electron chi connectivity index (χ1n) is 7.33. The third-order valence-corrected chi connectivity index (χ3v) is 3.80. The van der Waals surface area contributed by atoms with Crippen molar-refractivity contribution >= 4 is 26.4 Å². The second kappa shape index (κ2) is 8.03. The number of fused-ring (bicyclic) bond motifs is 2. The molecule has 0 N–H and O–H groups in total. The fourth-order valence-electron chi connectivity index (χ4n) is 2.61. The van der Waals surface area contributed by atoms with E-state index in [1.165, 1.54) is 32.7 Å². The van der Waals surface area contributed by atoms with Gasteiger partial charge in [-0.2, -0.15) is 24.3 Å². The zero-order valence-corrected chi connectivity index (χ0v) is 14.7. The summed E-state index contributed by atoms with van der Waals surface area (Å²) in [6.45, 7) is 4.28. The summed E-state index contributed by atoms with van der Waals surface area (Å²) in [5, 5.41) is 5.45. The summed E-state index contributed by atoms with van der Waals surface area (Å²) in [6, 6.07) is 25.5. The van der Waals surface area contributed by atoms with Gasteiger partial charge in [0.25, 0.3) is 0 Å². The van der Waals surface area contributed by atoms with Crippen molar-refractivity contribution in [3.05, 3.63) is 83.9 Å². The molecule has 4 aromatic rings. The van der Waals surface area contributed by atoms with Crippen LogP contribution in [0.3, 0.4) is 0 Å². The fraction of sp³-hybridized carbons (Fsp3) is 0.0952. The summed E-state index contributed by atoms with van der Waals surface area (Å²) in [5.74, 6) is 0. The average Bonchev–Trinajstić information content (AvgIpc) is 3.15. The van der Waals surface area contributed by atoms with Crippen molar-refractivity contribution < 1.29 is 20.0 Å². The summed E-state index contributed by atoms with van der Waals surface area (Å²) in [5.41, 5.74) is 2.74. The standard InChI is InChI=1S/2C10H9.CH2.Ti/c2*1-8-6-7-9-4-2-3-5-10(8)9;;/h2*2-7H,1H3;1H2;/q2*-1;;+2. The number of hydrogen-bond acceptors (Lipinski definition) is 0. The Morgan fingerprint density at radius 2 is 1.00 bits per heavy atom. The molecule has 0 heterocycles. The molecule has 0 spiro atoms. The molecule has 1 heteroatoms. The molecule has 0 aromatic heterocycles. The second-order valence-electron chi connectivity index (χ2n) is 5.21. The Kier molecular flexibility index (Phi) is 6.06. The van der Waals surface area contributed by atoms with Gasteiger partial charge in [0, 0.05) is 0 Å². The molecule has 0 aliphatic heterocycles. The summed E-state index contributed by atoms with van der Waals surface area (Å²) >= 11 is 1.75. The van der Waals surface area contributed by atoms with E-state index in [4.69, 9.17) is 0 Å². The first-order valence-corrected chi connectivity index (χ1v) is 8.43. The molecular formula is C21H20Ti. The Labute approximate surface area is 144 Å². The van der Waals surface area contributed by atoms with Crippen LogP contribution < -0.4 is 0 Å². The van der Waals surface area contributed by atoms with Gasteiger partial charge in [-0.25, -0.2) is 0 Å². The number of hydrogen-bond donors (Lipinski definition) is 0. The van der Waals surface area contributed by atoms with Crippen molar-refractivity contribution in [3.63, 3.8) is 0 Å². The molecule has 0 aliphatic rings. The Morgan fingerprint density at radius 3 is 1.36 bits per heavy atom. The summed E-state index contributed by atoms with van der Waals surface area (Å²) < 4.78 is 0. The maximum absolute atomic E-state index is 3.25. The van der Waals surface area contributed by atoms with Crippen molar-refractivity contribution in [3.8, 4) is 0 Å². The molecule has 0 fully saturated rings. The van der Waals surface area contributed by atoms with Crippen LogP contribution in [0.25, 0.3) is 21.5 Å². The zero-order chi connectivity index (χ0) is 15.9. The van der Waals surface area contributed by atoms with E-state index in [1.54, 1.807) is 20.0 Å². The van der Waals surface area contributed by atoms with Crippen molar-refractivity contribution in [2.75, 3.05) is 0 Å². The average molecular weight is 320 g/mol. The summed E-state index contributed by atoms with van der Waals surface area (Å²) in [6.07, 6.45) is 0. The van der Waals surface area contributed by atoms with Crippen LogP contribution in [-0.2, 0) is 20.0 Å². The summed E-state index contributed by atoms with van der Waals surface area (Å²) in [4.78, 5) is 3.25. The Morgan fingerprint density at radius 1 is 0.636 bits per heavy atom. The van der Waals surface area contributed by atoms with Gasteiger partial charge in [-0.3, -0.25) is 0 Å². The zero-order valence-electron chi connectivity index (χ0n) is 13.1. The molecule has 0 amide bonds. The van der Waals surface area contributed by atoms with Crippen molar-refractivity contribution in [1.82, 2.24) is 0 Å². The number of benzene rings is 2. The van der Waals surface area contributed by atoms with Crippen LogP contribution in [0.1, 0.15) is 11.1 Å². The second-order valence-corrected chi connectivity index (χ2v) is 5.21. The topological polar surface area (TPSA) is 0 Å². The Bertz CT molecular complexity index is 776. The van der Waals surface area contributed by atoms with Crippen LogP contribution in [0.2, 0.25) is 0 Å². The molecule has 0 unspecified atom stereocenters. The maximum atomic E-state index is 3.25. The summed E-state index contributed by atoms with van der Waals surface area (Å²) in [7, 11) is 0. The Balaban J connectivity index is 0.000000144. The third kappa shape index (κ3) is 3.71. The predicted octanol–water partition coefficient (Wildman–Crippen LogP) is 5.70. The van der Waals surface area contributed by atoms with Crippen LogP contribution in [0.5, 0.6) is 0 Å². The van der Waals surface area contributed by atoms with E-state index in [-0.39, 0.29) is 0 Å². The van der Waals surface area contributed by atoms with Crippen LogP contribution >= 0.6 is 0 Å². The first kappa shape index (κ1) is 16.6. The number of aryl methyl sites for hydroxylation is 2. The number of rotatable bonds is 0. The van der Waals surface area contributed by atoms with Gasteiger partial charge in [0.05, 0.1) is 0 Å². The van der Waals surface area contributed by atoms with Gasteiger partial charge in [-0.05, 0) is 0 Å². The molecule has 0 saturated carbocycles. The minimum absolute atomic E-state index is 1.35. The monoisotopic (exact) mass is 320 g/mol. The quantitative estimate of drug-likeness (QED) is 0.288. The molecule has 0 saturated heterocycles. The molecule has 22 heavy (non-hydrogen) atoms. The van der Waals surface area contributed by atoms with E-state index < -0.39 is 0 Å². The minimum atomic E-state index is 1.35. The predicted molar refractivity (Wildman–Crippen MR) is 95.7 cm³/mol.